The zero-order chi connectivity index (χ0) is 24.0. The molecule has 12 heteroatoms. The van der Waals surface area contributed by atoms with Crippen molar-refractivity contribution >= 4 is 45.2 Å². The van der Waals surface area contributed by atoms with Gasteiger partial charge < -0.3 is 9.47 Å². The summed E-state index contributed by atoms with van der Waals surface area (Å²) >= 11 is 3.30. The van der Waals surface area contributed by atoms with Gasteiger partial charge in [0.05, 0.1) is 34.8 Å². The number of carbonyl (C=O) groups excluding carboxylic acids is 1. The number of non-ortho nitro benzene ring substituents is 1. The van der Waals surface area contributed by atoms with E-state index in [4.69, 9.17) is 9.47 Å². The molecule has 0 saturated carbocycles. The van der Waals surface area contributed by atoms with E-state index in [1.54, 1.807) is 36.4 Å². The van der Waals surface area contributed by atoms with Crippen molar-refractivity contribution in [2.45, 2.75) is 0 Å². The molecule has 0 aliphatic rings. The number of nitrogens with zero attached hydrogens (tertiary/aromatic N) is 3. The zero-order valence-electron chi connectivity index (χ0n) is 16.9. The van der Waals surface area contributed by atoms with E-state index in [-0.39, 0.29) is 17.2 Å². The summed E-state index contributed by atoms with van der Waals surface area (Å²) in [5.74, 6) is -0.106. The molecular weight excluding hydrogens is 500 g/mol. The molecule has 0 radical (unpaired) electrons. The second-order valence-corrected chi connectivity index (χ2v) is 7.31. The molecular formula is C21H15BrN4O7. The first-order valence-electron chi connectivity index (χ1n) is 9.16. The number of esters is 1. The van der Waals surface area contributed by atoms with Gasteiger partial charge >= 0.3 is 11.7 Å². The number of rotatable bonds is 8. The van der Waals surface area contributed by atoms with Crippen molar-refractivity contribution in [1.29, 1.82) is 0 Å². The quantitative estimate of drug-likeness (QED) is 0.146. The fourth-order valence-corrected chi connectivity index (χ4v) is 3.08. The number of methoxy groups -OCH3 is 1. The lowest BCUT2D eigenvalue weighted by Gasteiger charge is -2.10. The highest BCUT2D eigenvalue weighted by Crippen LogP contribution is 2.30. The van der Waals surface area contributed by atoms with Crippen molar-refractivity contribution in [2.75, 3.05) is 12.5 Å². The number of nitro groups is 2. The Balaban J connectivity index is 1.75. The number of ether oxygens (including phenoxy) is 2. The summed E-state index contributed by atoms with van der Waals surface area (Å²) in [6.07, 6.45) is 1.35. The summed E-state index contributed by atoms with van der Waals surface area (Å²) in [4.78, 5) is 32.9. The Morgan fingerprint density at radius 2 is 1.82 bits per heavy atom. The van der Waals surface area contributed by atoms with Crippen molar-refractivity contribution in [1.82, 2.24) is 0 Å². The van der Waals surface area contributed by atoms with Gasteiger partial charge in [-0.15, -0.1) is 0 Å². The molecule has 0 aliphatic heterocycles. The third kappa shape index (κ3) is 5.89. The summed E-state index contributed by atoms with van der Waals surface area (Å²) in [6.45, 7) is 0. The largest absolute Gasteiger partial charge is 0.493 e. The van der Waals surface area contributed by atoms with Gasteiger partial charge in [-0.25, -0.2) is 4.79 Å². The summed E-state index contributed by atoms with van der Waals surface area (Å²) in [7, 11) is 1.41. The normalized spacial score (nSPS) is 10.6. The molecule has 168 valence electrons. The van der Waals surface area contributed by atoms with E-state index in [9.17, 15) is 25.0 Å². The van der Waals surface area contributed by atoms with Crippen LogP contribution < -0.4 is 14.9 Å². The van der Waals surface area contributed by atoms with Crippen LogP contribution in [0.25, 0.3) is 0 Å². The second-order valence-electron chi connectivity index (χ2n) is 6.40. The van der Waals surface area contributed by atoms with Gasteiger partial charge in [0.2, 0.25) is 0 Å². The number of benzene rings is 3. The molecule has 3 aromatic rings. The Morgan fingerprint density at radius 3 is 2.48 bits per heavy atom. The molecule has 1 N–H and O–H groups in total. The van der Waals surface area contributed by atoms with Crippen LogP contribution in [0.5, 0.6) is 11.5 Å². The highest BCUT2D eigenvalue weighted by atomic mass is 79.9. The first kappa shape index (κ1) is 23.3. The third-order valence-corrected chi connectivity index (χ3v) is 4.73. The second kappa shape index (κ2) is 10.3. The van der Waals surface area contributed by atoms with Crippen LogP contribution in [0.4, 0.5) is 17.1 Å². The van der Waals surface area contributed by atoms with Crippen LogP contribution >= 0.6 is 15.9 Å². The van der Waals surface area contributed by atoms with E-state index >= 15 is 0 Å². The van der Waals surface area contributed by atoms with Crippen LogP contribution in [0.15, 0.2) is 70.2 Å². The molecule has 0 bridgehead atoms. The Morgan fingerprint density at radius 1 is 1.03 bits per heavy atom. The maximum atomic E-state index is 12.4. The molecule has 3 aromatic carbocycles. The monoisotopic (exact) mass is 514 g/mol. The number of halogens is 1. The minimum Gasteiger partial charge on any atom is -0.493 e. The number of nitrogens with one attached hydrogen (secondary N) is 1. The molecule has 0 spiro atoms. The molecule has 0 saturated heterocycles. The molecule has 0 aliphatic carbocycles. The number of hydrazone groups is 1. The molecule has 0 amide bonds. The number of carbonyl (C=O) groups is 1. The maximum absolute atomic E-state index is 12.4. The van der Waals surface area contributed by atoms with E-state index in [2.05, 4.69) is 26.5 Å². The van der Waals surface area contributed by atoms with E-state index in [1.807, 2.05) is 0 Å². The van der Waals surface area contributed by atoms with Crippen molar-refractivity contribution in [3.05, 3.63) is 96.5 Å². The summed E-state index contributed by atoms with van der Waals surface area (Å²) in [5, 5.41) is 25.9. The topological polar surface area (TPSA) is 146 Å². The molecule has 11 nitrogen and oxygen atoms in total. The van der Waals surface area contributed by atoms with Crippen molar-refractivity contribution in [3.63, 3.8) is 0 Å². The minimum atomic E-state index is -0.748. The third-order valence-electron chi connectivity index (χ3n) is 4.24. The van der Waals surface area contributed by atoms with Crippen LogP contribution in [0.2, 0.25) is 0 Å². The van der Waals surface area contributed by atoms with Gasteiger partial charge in [0.15, 0.2) is 11.5 Å². The zero-order valence-corrected chi connectivity index (χ0v) is 18.5. The molecule has 0 atom stereocenters. The standard InChI is InChI=1S/C21H15BrN4O7/c1-32-20-9-13(5-8-19(20)33-21(27)14-3-2-4-15(22)10-14)12-23-24-17-7-6-16(25(28)29)11-18(17)26(30)31/h2-12,24H,1H3/b23-12-. The Kier molecular flexibility index (Phi) is 7.31. The summed E-state index contributed by atoms with van der Waals surface area (Å²) < 4.78 is 11.4. The number of anilines is 1. The first-order chi connectivity index (χ1) is 15.8. The minimum absolute atomic E-state index is 0.0200. The Hall–Kier alpha value is -4.32. The van der Waals surface area contributed by atoms with Crippen LogP contribution in [0.1, 0.15) is 15.9 Å². The highest BCUT2D eigenvalue weighted by molar-refractivity contribution is 9.10. The van der Waals surface area contributed by atoms with Crippen molar-refractivity contribution in [2.24, 2.45) is 5.10 Å². The van der Waals surface area contributed by atoms with Crippen LogP contribution in [0, 0.1) is 20.2 Å². The molecule has 0 aromatic heterocycles. The van der Waals surface area contributed by atoms with Gasteiger partial charge in [-0.05, 0) is 48.0 Å². The Labute approximate surface area is 195 Å². The lowest BCUT2D eigenvalue weighted by molar-refractivity contribution is -0.393. The van der Waals surface area contributed by atoms with E-state index in [0.29, 0.717) is 11.1 Å². The fourth-order valence-electron chi connectivity index (χ4n) is 2.68. The number of hydrogen-bond acceptors (Lipinski definition) is 9. The number of nitro benzene ring substituents is 2. The maximum Gasteiger partial charge on any atom is 0.343 e. The first-order valence-corrected chi connectivity index (χ1v) is 9.95. The van der Waals surface area contributed by atoms with E-state index < -0.39 is 27.2 Å². The van der Waals surface area contributed by atoms with Gasteiger partial charge in [-0.1, -0.05) is 22.0 Å². The average Bonchev–Trinajstić information content (AvgIpc) is 2.79. The predicted octanol–water partition coefficient (Wildman–Crippen LogP) is 4.94. The summed E-state index contributed by atoms with van der Waals surface area (Å²) in [5.41, 5.74) is 2.46. The lowest BCUT2D eigenvalue weighted by Crippen LogP contribution is -2.09. The van der Waals surface area contributed by atoms with Gasteiger partial charge in [0, 0.05) is 10.5 Å². The Bertz CT molecular complexity index is 1260. The van der Waals surface area contributed by atoms with Crippen LogP contribution in [-0.2, 0) is 0 Å². The average molecular weight is 515 g/mol. The molecule has 0 unspecified atom stereocenters. The molecule has 0 fully saturated rings. The summed E-state index contributed by atoms with van der Waals surface area (Å²) in [6, 6.07) is 14.6. The van der Waals surface area contributed by atoms with Crippen molar-refractivity contribution in [3.8, 4) is 11.5 Å². The van der Waals surface area contributed by atoms with Crippen LogP contribution in [-0.4, -0.2) is 29.1 Å². The molecule has 0 heterocycles. The number of hydrogen-bond donors (Lipinski definition) is 1. The molecule has 3 rings (SSSR count). The fraction of sp³-hybridized carbons (Fsp3) is 0.0476. The van der Waals surface area contributed by atoms with Gasteiger partial charge in [0.25, 0.3) is 5.69 Å². The van der Waals surface area contributed by atoms with E-state index in [0.717, 1.165) is 16.6 Å². The van der Waals surface area contributed by atoms with Crippen LogP contribution in [0.3, 0.4) is 0 Å². The smallest absolute Gasteiger partial charge is 0.343 e. The lowest BCUT2D eigenvalue weighted by atomic mass is 10.2. The van der Waals surface area contributed by atoms with Gasteiger partial charge in [0.1, 0.15) is 5.69 Å². The van der Waals surface area contributed by atoms with Gasteiger partial charge in [-0.2, -0.15) is 5.10 Å². The SMILES string of the molecule is COc1cc(/C=N\Nc2ccc([N+](=O)[O-])cc2[N+](=O)[O-])ccc1OC(=O)c1cccc(Br)c1. The highest BCUT2D eigenvalue weighted by Gasteiger charge is 2.19. The van der Waals surface area contributed by atoms with Crippen molar-refractivity contribution < 1.29 is 24.1 Å². The van der Waals surface area contributed by atoms with Gasteiger partial charge in [-0.3, -0.25) is 25.7 Å². The molecule has 33 heavy (non-hydrogen) atoms. The van der Waals surface area contributed by atoms with E-state index in [1.165, 1.54) is 25.5 Å². The predicted molar refractivity (Wildman–Crippen MR) is 123 cm³/mol.